The maximum absolute atomic E-state index is 13.6. The molecule has 0 saturated carbocycles. The van der Waals surface area contributed by atoms with Gasteiger partial charge in [0.2, 0.25) is 0 Å². The number of fused-ring (bicyclic) bond motifs is 1. The fourth-order valence-corrected chi connectivity index (χ4v) is 5.07. The first-order chi connectivity index (χ1) is 18.2. The average Bonchev–Trinajstić information content (AvgIpc) is 3.48. The molecule has 0 aliphatic rings. The van der Waals surface area contributed by atoms with E-state index in [-0.39, 0.29) is 27.7 Å². The summed E-state index contributed by atoms with van der Waals surface area (Å²) in [5.41, 5.74) is 0.0822. The summed E-state index contributed by atoms with van der Waals surface area (Å²) >= 11 is 1.49. The molecule has 5 aromatic rings. The van der Waals surface area contributed by atoms with Crippen molar-refractivity contribution in [2.24, 2.45) is 10.2 Å². The van der Waals surface area contributed by atoms with Crippen LogP contribution in [0, 0.1) is 10.1 Å². The molecule has 0 atom stereocenters. The highest BCUT2D eigenvalue weighted by Gasteiger charge is 2.21. The lowest BCUT2D eigenvalue weighted by Gasteiger charge is -2.02. The van der Waals surface area contributed by atoms with Gasteiger partial charge in [0.1, 0.15) is 11.2 Å². The number of aromatic amines is 1. The van der Waals surface area contributed by atoms with Crippen molar-refractivity contribution < 1.29 is 17.9 Å². The van der Waals surface area contributed by atoms with Crippen LogP contribution in [0.1, 0.15) is 11.8 Å². The van der Waals surface area contributed by atoms with Crippen LogP contribution < -0.4 is 5.56 Å². The summed E-state index contributed by atoms with van der Waals surface area (Å²) in [5, 5.41) is 22.9. The van der Waals surface area contributed by atoms with Crippen LogP contribution in [-0.4, -0.2) is 37.6 Å². The Labute approximate surface area is 218 Å². The Morgan fingerprint density at radius 2 is 1.82 bits per heavy atom. The average molecular weight is 552 g/mol. The van der Waals surface area contributed by atoms with E-state index in [2.05, 4.69) is 25.3 Å². The Bertz CT molecular complexity index is 1870. The Morgan fingerprint density at radius 1 is 1.11 bits per heavy atom. The summed E-state index contributed by atoms with van der Waals surface area (Å²) in [5.74, 6) is 0.304. The Balaban J connectivity index is 1.66. The molecule has 0 unspecified atom stereocenters. The van der Waals surface area contributed by atoms with Gasteiger partial charge >= 0.3 is 5.56 Å². The van der Waals surface area contributed by atoms with Crippen LogP contribution >= 0.6 is 11.3 Å². The molecule has 0 fully saturated rings. The molecule has 5 rings (SSSR count). The van der Waals surface area contributed by atoms with Crippen LogP contribution in [0.4, 0.5) is 17.1 Å². The summed E-state index contributed by atoms with van der Waals surface area (Å²) in [6.07, 6.45) is 2.13. The first-order valence-corrected chi connectivity index (χ1v) is 13.2. The van der Waals surface area contributed by atoms with Crippen LogP contribution in [0.15, 0.2) is 80.8 Å². The zero-order valence-electron chi connectivity index (χ0n) is 19.5. The van der Waals surface area contributed by atoms with Crippen molar-refractivity contribution in [3.05, 3.63) is 86.3 Å². The van der Waals surface area contributed by atoms with Gasteiger partial charge in [0.25, 0.3) is 15.8 Å². The van der Waals surface area contributed by atoms with Crippen LogP contribution in [-0.2, 0) is 16.5 Å². The van der Waals surface area contributed by atoms with Crippen molar-refractivity contribution in [3.8, 4) is 17.1 Å². The molecule has 0 amide bonds. The fraction of sp³-hybridized carbons (Fsp3) is 0.0870. The number of nitro benzene ring substituents is 1. The molecular formula is C23H17N7O6S2. The van der Waals surface area contributed by atoms with E-state index in [1.807, 2.05) is 13.0 Å². The number of nitrogens with one attached hydrogen (secondary N) is 1. The molecule has 2 aromatic carbocycles. The van der Waals surface area contributed by atoms with Crippen LogP contribution in [0.2, 0.25) is 0 Å². The minimum absolute atomic E-state index is 0.101. The van der Waals surface area contributed by atoms with Crippen molar-refractivity contribution in [1.82, 2.24) is 19.7 Å². The SMILES string of the molecule is CCc1cc2c(-n3[nH]c(-c4ccc([N+](=O)[O-])cc4)c(N=Nc4ccc(S(=O)(=O)O)cc4)c3=O)ncnc2s1. The smallest absolute Gasteiger partial charge is 0.287 e. The first kappa shape index (κ1) is 25.1. The number of nitro groups is 1. The topological polar surface area (TPSA) is 186 Å². The lowest BCUT2D eigenvalue weighted by Crippen LogP contribution is -2.15. The minimum Gasteiger partial charge on any atom is -0.287 e. The minimum atomic E-state index is -4.38. The summed E-state index contributed by atoms with van der Waals surface area (Å²) in [6.45, 7) is 2.01. The van der Waals surface area contributed by atoms with E-state index in [9.17, 15) is 23.3 Å². The van der Waals surface area contributed by atoms with E-state index < -0.39 is 20.6 Å². The van der Waals surface area contributed by atoms with E-state index in [0.29, 0.717) is 21.6 Å². The molecule has 2 N–H and O–H groups in total. The van der Waals surface area contributed by atoms with Gasteiger partial charge in [0.05, 0.1) is 26.6 Å². The van der Waals surface area contributed by atoms with Crippen LogP contribution in [0.3, 0.4) is 0 Å². The van der Waals surface area contributed by atoms with Gasteiger partial charge in [-0.1, -0.05) is 6.92 Å². The summed E-state index contributed by atoms with van der Waals surface area (Å²) in [7, 11) is -4.38. The number of hydrogen-bond donors (Lipinski definition) is 2. The Morgan fingerprint density at radius 3 is 2.45 bits per heavy atom. The zero-order chi connectivity index (χ0) is 27.0. The third-order valence-electron chi connectivity index (χ3n) is 5.55. The molecule has 15 heteroatoms. The van der Waals surface area contributed by atoms with Gasteiger partial charge in [0, 0.05) is 22.6 Å². The van der Waals surface area contributed by atoms with Gasteiger partial charge < -0.3 is 0 Å². The van der Waals surface area contributed by atoms with Crippen molar-refractivity contribution in [3.63, 3.8) is 0 Å². The van der Waals surface area contributed by atoms with Gasteiger partial charge in [-0.3, -0.25) is 24.6 Å². The van der Waals surface area contributed by atoms with E-state index in [0.717, 1.165) is 23.4 Å². The lowest BCUT2D eigenvalue weighted by molar-refractivity contribution is -0.384. The van der Waals surface area contributed by atoms with Crippen LogP contribution in [0.5, 0.6) is 0 Å². The zero-order valence-corrected chi connectivity index (χ0v) is 21.1. The molecular weight excluding hydrogens is 534 g/mol. The van der Waals surface area contributed by atoms with Gasteiger partial charge in [-0.2, -0.15) is 18.2 Å². The van der Waals surface area contributed by atoms with Crippen molar-refractivity contribution in [2.45, 2.75) is 18.2 Å². The van der Waals surface area contributed by atoms with E-state index in [1.54, 1.807) is 0 Å². The second-order valence-electron chi connectivity index (χ2n) is 7.93. The van der Waals surface area contributed by atoms with Crippen molar-refractivity contribution >= 4 is 48.7 Å². The fourth-order valence-electron chi connectivity index (χ4n) is 3.66. The number of aromatic nitrogens is 4. The van der Waals surface area contributed by atoms with Gasteiger partial charge in [-0.15, -0.1) is 16.5 Å². The maximum Gasteiger partial charge on any atom is 0.301 e. The molecule has 38 heavy (non-hydrogen) atoms. The second-order valence-corrected chi connectivity index (χ2v) is 10.5. The number of benzene rings is 2. The number of H-pyrrole nitrogens is 1. The largest absolute Gasteiger partial charge is 0.301 e. The molecule has 3 aromatic heterocycles. The molecule has 0 spiro atoms. The van der Waals surface area contributed by atoms with Gasteiger partial charge in [-0.05, 0) is 48.9 Å². The van der Waals surface area contributed by atoms with Gasteiger partial charge in [0.15, 0.2) is 11.5 Å². The molecule has 0 aliphatic heterocycles. The second kappa shape index (κ2) is 9.70. The molecule has 192 valence electrons. The van der Waals surface area contributed by atoms with E-state index >= 15 is 0 Å². The molecule has 0 aliphatic carbocycles. The number of nitrogens with zero attached hydrogens (tertiary/aromatic N) is 6. The normalized spacial score (nSPS) is 11.9. The number of aryl methyl sites for hydroxylation is 1. The first-order valence-electron chi connectivity index (χ1n) is 11.0. The van der Waals surface area contributed by atoms with E-state index in [1.165, 1.54) is 58.7 Å². The van der Waals surface area contributed by atoms with Crippen molar-refractivity contribution in [1.29, 1.82) is 0 Å². The molecule has 0 saturated heterocycles. The summed E-state index contributed by atoms with van der Waals surface area (Å²) in [4.78, 5) is 34.2. The molecule has 3 heterocycles. The number of non-ortho nitro benzene ring substituents is 1. The number of azo groups is 1. The third kappa shape index (κ3) is 4.72. The predicted octanol–water partition coefficient (Wildman–Crippen LogP) is 4.97. The summed E-state index contributed by atoms with van der Waals surface area (Å²) in [6, 6.07) is 12.4. The predicted molar refractivity (Wildman–Crippen MR) is 139 cm³/mol. The molecule has 0 radical (unpaired) electrons. The molecule has 13 nitrogen and oxygen atoms in total. The lowest BCUT2D eigenvalue weighted by atomic mass is 10.1. The maximum atomic E-state index is 13.6. The monoisotopic (exact) mass is 551 g/mol. The van der Waals surface area contributed by atoms with Gasteiger partial charge in [-0.25, -0.2) is 9.97 Å². The van der Waals surface area contributed by atoms with Crippen molar-refractivity contribution in [2.75, 3.05) is 0 Å². The highest BCUT2D eigenvalue weighted by Crippen LogP contribution is 2.32. The third-order valence-corrected chi connectivity index (χ3v) is 7.61. The highest BCUT2D eigenvalue weighted by atomic mass is 32.2. The quantitative estimate of drug-likeness (QED) is 0.123. The van der Waals surface area contributed by atoms with Crippen LogP contribution in [0.25, 0.3) is 27.3 Å². The number of hydrogen-bond acceptors (Lipinski definition) is 10. The standard InChI is InChI=1S/C23H17N7O6S2/c1-2-16-11-18-21(24-12-25-22(18)37-16)29-23(31)20(19(28-29)13-3-7-15(8-4-13)30(32)33)27-26-14-5-9-17(10-6-14)38(34,35)36/h3-12,28H,2H2,1H3,(H,34,35,36). The highest BCUT2D eigenvalue weighted by molar-refractivity contribution is 7.85. The number of thiophene rings is 1. The molecule has 0 bridgehead atoms. The summed E-state index contributed by atoms with van der Waals surface area (Å²) < 4.78 is 33.0. The number of rotatable bonds is 7. The Hall–Kier alpha value is -4.60. The Kier molecular flexibility index (Phi) is 6.40. The van der Waals surface area contributed by atoms with E-state index in [4.69, 9.17) is 4.55 Å².